The SMILES string of the molecule is CC.Cc1ccc(F)c(C(=O)N[C@@H](C(=O)N2CCC3(CC2)C(=O)N(C)C(=O)N3c2ccc3[nH]ncc3c2)C(C)C)c1. The van der Waals surface area contributed by atoms with Crippen LogP contribution in [-0.2, 0) is 9.59 Å². The van der Waals surface area contributed by atoms with E-state index in [0.29, 0.717) is 5.69 Å². The Morgan fingerprint density at radius 1 is 1.07 bits per heavy atom. The van der Waals surface area contributed by atoms with E-state index in [1.807, 2.05) is 39.8 Å². The van der Waals surface area contributed by atoms with Crippen molar-refractivity contribution < 1.29 is 23.6 Å². The Hall–Kier alpha value is -4.28. The van der Waals surface area contributed by atoms with Crippen molar-refractivity contribution >= 4 is 40.3 Å². The van der Waals surface area contributed by atoms with Crippen molar-refractivity contribution in [1.29, 1.82) is 0 Å². The molecule has 5 rings (SSSR count). The molecule has 0 unspecified atom stereocenters. The Morgan fingerprint density at radius 2 is 1.76 bits per heavy atom. The normalized spacial score (nSPS) is 17.2. The van der Waals surface area contributed by atoms with Crippen LogP contribution in [-0.4, -0.2) is 75.5 Å². The largest absolute Gasteiger partial charge is 0.341 e. The van der Waals surface area contributed by atoms with Crippen LogP contribution < -0.4 is 10.2 Å². The van der Waals surface area contributed by atoms with Crippen LogP contribution in [0.5, 0.6) is 0 Å². The number of benzene rings is 2. The number of carbonyl (C=O) groups excluding carboxylic acids is 4. The van der Waals surface area contributed by atoms with Gasteiger partial charge in [-0.3, -0.25) is 29.3 Å². The fourth-order valence-electron chi connectivity index (χ4n) is 5.53. The standard InChI is InChI=1S/C28H31FN6O4.C2H6/c1-16(2)23(31-24(36)20-13-17(3)5-7-21(20)29)25(37)34-11-9-28(10-12-34)26(38)33(4)27(39)35(28)19-6-8-22-18(14-19)15-30-32-22;1-2/h5-8,13-16,23H,9-12H2,1-4H3,(H,30,32)(H,31,36);1-2H3/t23-;/m1./s1. The average molecular weight is 565 g/mol. The number of anilines is 1. The first-order chi connectivity index (χ1) is 19.5. The van der Waals surface area contributed by atoms with E-state index in [4.69, 9.17) is 0 Å². The van der Waals surface area contributed by atoms with Gasteiger partial charge in [-0.15, -0.1) is 0 Å². The van der Waals surface area contributed by atoms with Crippen LogP contribution in [0.25, 0.3) is 10.9 Å². The third kappa shape index (κ3) is 5.28. The van der Waals surface area contributed by atoms with Gasteiger partial charge in [0.25, 0.3) is 11.8 Å². The third-order valence-corrected chi connectivity index (χ3v) is 7.78. The predicted octanol–water partition coefficient (Wildman–Crippen LogP) is 4.25. The number of halogens is 1. The number of likely N-dealkylation sites (N-methyl/N-ethyl adjacent to an activating group) is 1. The molecule has 0 radical (unpaired) electrons. The van der Waals surface area contributed by atoms with Crippen LogP contribution in [0.4, 0.5) is 14.9 Å². The van der Waals surface area contributed by atoms with E-state index in [0.717, 1.165) is 21.4 Å². The zero-order valence-corrected chi connectivity index (χ0v) is 24.3. The van der Waals surface area contributed by atoms with Crippen LogP contribution in [0.1, 0.15) is 56.5 Å². The van der Waals surface area contributed by atoms with E-state index in [9.17, 15) is 23.6 Å². The Bertz CT molecular complexity index is 1480. The molecule has 0 bridgehead atoms. The summed E-state index contributed by atoms with van der Waals surface area (Å²) < 4.78 is 14.3. The van der Waals surface area contributed by atoms with Gasteiger partial charge in [-0.25, -0.2) is 9.18 Å². The number of amides is 5. The molecule has 1 spiro atoms. The highest BCUT2D eigenvalue weighted by Crippen LogP contribution is 2.41. The summed E-state index contributed by atoms with van der Waals surface area (Å²) in [6.45, 7) is 9.81. The van der Waals surface area contributed by atoms with Gasteiger partial charge < -0.3 is 10.2 Å². The molecule has 2 saturated heterocycles. The van der Waals surface area contributed by atoms with Crippen LogP contribution >= 0.6 is 0 Å². The Morgan fingerprint density at radius 3 is 2.41 bits per heavy atom. The summed E-state index contributed by atoms with van der Waals surface area (Å²) >= 11 is 0. The van der Waals surface area contributed by atoms with Gasteiger partial charge in [-0.1, -0.05) is 39.3 Å². The first kappa shape index (κ1) is 29.7. The zero-order chi connectivity index (χ0) is 30.1. The molecular weight excluding hydrogens is 527 g/mol. The molecule has 1 aromatic heterocycles. The van der Waals surface area contributed by atoms with E-state index in [1.165, 1.54) is 24.1 Å². The van der Waals surface area contributed by atoms with Gasteiger partial charge in [0.05, 0.1) is 17.3 Å². The number of hydrogen-bond donors (Lipinski definition) is 2. The smallest absolute Gasteiger partial charge is 0.331 e. The number of H-pyrrole nitrogens is 1. The molecule has 3 heterocycles. The molecule has 0 saturated carbocycles. The first-order valence-corrected chi connectivity index (χ1v) is 13.9. The Labute approximate surface area is 238 Å². The molecule has 11 heteroatoms. The first-order valence-electron chi connectivity index (χ1n) is 13.9. The topological polar surface area (TPSA) is 119 Å². The van der Waals surface area contributed by atoms with Gasteiger partial charge in [0, 0.05) is 31.2 Å². The number of carbonyl (C=O) groups is 4. The van der Waals surface area contributed by atoms with Crippen LogP contribution in [0.2, 0.25) is 0 Å². The molecule has 5 amide bonds. The maximum Gasteiger partial charge on any atom is 0.331 e. The average Bonchev–Trinajstić information content (AvgIpc) is 3.51. The number of aromatic amines is 1. The number of nitrogens with one attached hydrogen (secondary N) is 2. The van der Waals surface area contributed by atoms with Crippen molar-refractivity contribution in [3.63, 3.8) is 0 Å². The summed E-state index contributed by atoms with van der Waals surface area (Å²) in [4.78, 5) is 57.4. The molecule has 2 N–H and O–H groups in total. The molecular formula is C30H37FN6O4. The second-order valence-corrected chi connectivity index (χ2v) is 10.7. The number of rotatable bonds is 5. The zero-order valence-electron chi connectivity index (χ0n) is 24.3. The fourth-order valence-corrected chi connectivity index (χ4v) is 5.53. The molecule has 3 aromatic rings. The molecule has 2 fully saturated rings. The van der Waals surface area contributed by atoms with Crippen LogP contribution in [0.3, 0.4) is 0 Å². The number of aromatic nitrogens is 2. The van der Waals surface area contributed by atoms with Gasteiger partial charge >= 0.3 is 6.03 Å². The van der Waals surface area contributed by atoms with Gasteiger partial charge in [0.2, 0.25) is 5.91 Å². The van der Waals surface area contributed by atoms with Gasteiger partial charge in [0.15, 0.2) is 0 Å². The Kier molecular flexibility index (Phi) is 8.46. The van der Waals surface area contributed by atoms with Gasteiger partial charge in [-0.05, 0) is 56.0 Å². The lowest BCUT2D eigenvalue weighted by Gasteiger charge is -2.43. The van der Waals surface area contributed by atoms with Crippen molar-refractivity contribution in [3.8, 4) is 0 Å². The second-order valence-electron chi connectivity index (χ2n) is 10.7. The van der Waals surface area contributed by atoms with Crippen molar-refractivity contribution in [3.05, 3.63) is 59.5 Å². The van der Waals surface area contributed by atoms with E-state index in [1.54, 1.807) is 30.2 Å². The lowest BCUT2D eigenvalue weighted by Crippen LogP contribution is -2.60. The number of aryl methyl sites for hydroxylation is 1. The number of hydrogen-bond acceptors (Lipinski definition) is 5. The highest BCUT2D eigenvalue weighted by atomic mass is 19.1. The minimum Gasteiger partial charge on any atom is -0.341 e. The second kappa shape index (κ2) is 11.7. The highest BCUT2D eigenvalue weighted by molar-refractivity contribution is 6.17. The Balaban J connectivity index is 0.00000189. The van der Waals surface area contributed by atoms with Crippen molar-refractivity contribution in [1.82, 2.24) is 25.3 Å². The molecule has 0 aliphatic carbocycles. The molecule has 2 aromatic carbocycles. The molecule has 218 valence electrons. The minimum absolute atomic E-state index is 0.116. The minimum atomic E-state index is -1.12. The fraction of sp³-hybridized carbons (Fsp3) is 0.433. The molecule has 10 nitrogen and oxygen atoms in total. The van der Waals surface area contributed by atoms with Gasteiger partial charge in [-0.2, -0.15) is 5.10 Å². The number of likely N-dealkylation sites (tertiary alicyclic amines) is 1. The third-order valence-electron chi connectivity index (χ3n) is 7.78. The summed E-state index contributed by atoms with van der Waals surface area (Å²) in [5.74, 6) is -2.19. The summed E-state index contributed by atoms with van der Waals surface area (Å²) in [5, 5.41) is 10.4. The number of urea groups is 1. The molecule has 41 heavy (non-hydrogen) atoms. The van der Waals surface area contributed by atoms with E-state index >= 15 is 0 Å². The lowest BCUT2D eigenvalue weighted by molar-refractivity contribution is -0.139. The summed E-state index contributed by atoms with van der Waals surface area (Å²) in [6, 6.07) is 8.36. The maximum absolute atomic E-state index is 14.3. The number of piperidine rings is 1. The highest BCUT2D eigenvalue weighted by Gasteiger charge is 2.58. The number of imide groups is 1. The summed E-state index contributed by atoms with van der Waals surface area (Å²) in [7, 11) is 1.47. The molecule has 2 aliphatic rings. The predicted molar refractivity (Wildman–Crippen MR) is 154 cm³/mol. The van der Waals surface area contributed by atoms with E-state index in [-0.39, 0.29) is 49.2 Å². The van der Waals surface area contributed by atoms with Crippen LogP contribution in [0.15, 0.2) is 42.6 Å². The van der Waals surface area contributed by atoms with Gasteiger partial charge in [0.1, 0.15) is 17.4 Å². The number of nitrogens with zero attached hydrogens (tertiary/aromatic N) is 4. The van der Waals surface area contributed by atoms with Crippen molar-refractivity contribution in [2.24, 2.45) is 5.92 Å². The van der Waals surface area contributed by atoms with Crippen molar-refractivity contribution in [2.45, 2.75) is 59.0 Å². The van der Waals surface area contributed by atoms with Crippen LogP contribution in [0, 0.1) is 18.7 Å². The summed E-state index contributed by atoms with van der Waals surface area (Å²) in [6.07, 6.45) is 2.13. The number of fused-ring (bicyclic) bond motifs is 1. The monoisotopic (exact) mass is 564 g/mol. The van der Waals surface area contributed by atoms with E-state index < -0.39 is 29.3 Å². The van der Waals surface area contributed by atoms with E-state index in [2.05, 4.69) is 15.5 Å². The summed E-state index contributed by atoms with van der Waals surface area (Å²) in [5.41, 5.74) is 0.883. The lowest BCUT2D eigenvalue weighted by atomic mass is 9.85. The van der Waals surface area contributed by atoms with Crippen molar-refractivity contribution in [2.75, 3.05) is 25.0 Å². The quantitative estimate of drug-likeness (QED) is 0.449. The molecule has 1 atom stereocenters. The maximum atomic E-state index is 14.3. The molecule has 2 aliphatic heterocycles.